The van der Waals surface area contributed by atoms with E-state index in [0.29, 0.717) is 11.5 Å². The first kappa shape index (κ1) is 22.0. The first-order valence-electron chi connectivity index (χ1n) is 10.1. The van der Waals surface area contributed by atoms with Crippen LogP contribution in [0.3, 0.4) is 0 Å². The summed E-state index contributed by atoms with van der Waals surface area (Å²) < 4.78 is 24.3. The molecular weight excluding hydrogens is 318 g/mol. The summed E-state index contributed by atoms with van der Waals surface area (Å²) in [5.41, 5.74) is -0.500. The van der Waals surface area contributed by atoms with Gasteiger partial charge in [0, 0.05) is 11.1 Å². The number of nitrogens with zero attached hydrogens (tertiary/aromatic N) is 1. The standard InChI is InChI=1S/C20H41NO2S/c1-6-7-8-9-10-11-12-13-14-15-16-21-19(2,3)17-24(22,23)18-20(21,4)5/h6-18H2,1-5H3. The van der Waals surface area contributed by atoms with Crippen LogP contribution in [0.1, 0.15) is 98.8 Å². The van der Waals surface area contributed by atoms with E-state index in [4.69, 9.17) is 0 Å². The van der Waals surface area contributed by atoms with E-state index in [1.165, 1.54) is 64.2 Å². The van der Waals surface area contributed by atoms with Gasteiger partial charge in [0.05, 0.1) is 11.5 Å². The summed E-state index contributed by atoms with van der Waals surface area (Å²) >= 11 is 0. The van der Waals surface area contributed by atoms with Crippen LogP contribution in [0.2, 0.25) is 0 Å². The van der Waals surface area contributed by atoms with Gasteiger partial charge < -0.3 is 0 Å². The lowest BCUT2D eigenvalue weighted by atomic mass is 9.94. The molecule has 0 aliphatic carbocycles. The quantitative estimate of drug-likeness (QED) is 0.476. The third kappa shape index (κ3) is 7.43. The highest BCUT2D eigenvalue weighted by Crippen LogP contribution is 2.34. The fourth-order valence-corrected chi connectivity index (χ4v) is 7.03. The summed E-state index contributed by atoms with van der Waals surface area (Å²) in [5.74, 6) is 0.586. The highest BCUT2D eigenvalue weighted by Gasteiger charge is 2.47. The minimum Gasteiger partial charge on any atom is -0.291 e. The third-order valence-corrected chi connectivity index (χ3v) is 7.64. The van der Waals surface area contributed by atoms with Crippen molar-refractivity contribution in [2.75, 3.05) is 18.1 Å². The van der Waals surface area contributed by atoms with Crippen molar-refractivity contribution in [2.24, 2.45) is 0 Å². The number of rotatable bonds is 11. The fraction of sp³-hybridized carbons (Fsp3) is 1.00. The van der Waals surface area contributed by atoms with Crippen LogP contribution in [0.25, 0.3) is 0 Å². The zero-order valence-electron chi connectivity index (χ0n) is 16.9. The Labute approximate surface area is 151 Å². The summed E-state index contributed by atoms with van der Waals surface area (Å²) in [7, 11) is -2.92. The molecule has 0 unspecified atom stereocenters. The van der Waals surface area contributed by atoms with Crippen molar-refractivity contribution in [1.82, 2.24) is 4.90 Å². The van der Waals surface area contributed by atoms with E-state index in [2.05, 4.69) is 39.5 Å². The molecule has 0 saturated carbocycles. The molecule has 1 fully saturated rings. The van der Waals surface area contributed by atoms with E-state index in [1.54, 1.807) is 0 Å². The van der Waals surface area contributed by atoms with Crippen molar-refractivity contribution in [3.8, 4) is 0 Å². The van der Waals surface area contributed by atoms with Gasteiger partial charge in [0.25, 0.3) is 0 Å². The van der Waals surface area contributed by atoms with Crippen LogP contribution in [-0.2, 0) is 9.84 Å². The second-order valence-corrected chi connectivity index (χ2v) is 11.1. The maximum absolute atomic E-state index is 12.1. The lowest BCUT2D eigenvalue weighted by Gasteiger charge is -2.52. The monoisotopic (exact) mass is 359 g/mol. The zero-order chi connectivity index (χ0) is 18.3. The van der Waals surface area contributed by atoms with Gasteiger partial charge >= 0.3 is 0 Å². The maximum Gasteiger partial charge on any atom is 0.153 e. The second-order valence-electron chi connectivity index (χ2n) is 8.99. The molecule has 4 heteroatoms. The van der Waals surface area contributed by atoms with Crippen LogP contribution in [0.15, 0.2) is 0 Å². The molecule has 1 heterocycles. The van der Waals surface area contributed by atoms with Gasteiger partial charge in [-0.05, 0) is 40.7 Å². The van der Waals surface area contributed by atoms with Crippen molar-refractivity contribution >= 4 is 9.84 Å². The highest BCUT2D eigenvalue weighted by molar-refractivity contribution is 7.91. The third-order valence-electron chi connectivity index (χ3n) is 5.34. The van der Waals surface area contributed by atoms with E-state index in [-0.39, 0.29) is 11.1 Å². The molecule has 144 valence electrons. The number of unbranched alkanes of at least 4 members (excludes halogenated alkanes) is 9. The molecule has 0 aromatic heterocycles. The topological polar surface area (TPSA) is 37.4 Å². The Morgan fingerprint density at radius 1 is 0.708 bits per heavy atom. The molecule has 0 aromatic carbocycles. The highest BCUT2D eigenvalue weighted by atomic mass is 32.2. The molecule has 0 amide bonds. The van der Waals surface area contributed by atoms with E-state index < -0.39 is 9.84 Å². The molecule has 3 nitrogen and oxygen atoms in total. The Morgan fingerprint density at radius 2 is 1.08 bits per heavy atom. The van der Waals surface area contributed by atoms with Crippen LogP contribution in [0.5, 0.6) is 0 Å². The Balaban J connectivity index is 2.24. The average molecular weight is 360 g/mol. The lowest BCUT2D eigenvalue weighted by molar-refractivity contribution is 0.0319. The van der Waals surface area contributed by atoms with Crippen molar-refractivity contribution in [1.29, 1.82) is 0 Å². The molecule has 0 radical (unpaired) electrons. The number of hydrogen-bond acceptors (Lipinski definition) is 3. The van der Waals surface area contributed by atoms with Gasteiger partial charge in [-0.25, -0.2) is 8.42 Å². The normalized spacial score (nSPS) is 22.5. The van der Waals surface area contributed by atoms with Crippen molar-refractivity contribution < 1.29 is 8.42 Å². The summed E-state index contributed by atoms with van der Waals surface area (Å²) in [6.07, 6.45) is 13.4. The smallest absolute Gasteiger partial charge is 0.153 e. The maximum atomic E-state index is 12.1. The van der Waals surface area contributed by atoms with Gasteiger partial charge in [0.15, 0.2) is 9.84 Å². The fourth-order valence-electron chi connectivity index (χ4n) is 4.47. The van der Waals surface area contributed by atoms with Crippen LogP contribution >= 0.6 is 0 Å². The Kier molecular flexibility index (Phi) is 8.75. The molecule has 0 bridgehead atoms. The van der Waals surface area contributed by atoms with Gasteiger partial charge in [-0.3, -0.25) is 4.90 Å². The summed E-state index contributed by atoms with van der Waals surface area (Å²) in [6, 6.07) is 0. The largest absolute Gasteiger partial charge is 0.291 e. The average Bonchev–Trinajstić information content (AvgIpc) is 2.40. The lowest BCUT2D eigenvalue weighted by Crippen LogP contribution is -2.65. The molecule has 1 saturated heterocycles. The molecular formula is C20H41NO2S. The molecule has 0 atom stereocenters. The van der Waals surface area contributed by atoms with Gasteiger partial charge in [0.1, 0.15) is 0 Å². The molecule has 1 rings (SSSR count). The van der Waals surface area contributed by atoms with Crippen LogP contribution in [-0.4, -0.2) is 42.4 Å². The Hall–Kier alpha value is -0.0900. The molecule has 0 spiro atoms. The molecule has 1 aliphatic rings. The Bertz CT molecular complexity index is 430. The first-order chi connectivity index (χ1) is 11.1. The van der Waals surface area contributed by atoms with E-state index >= 15 is 0 Å². The summed E-state index contributed by atoms with van der Waals surface area (Å²) in [4.78, 5) is 2.44. The minimum atomic E-state index is -2.92. The van der Waals surface area contributed by atoms with Crippen LogP contribution < -0.4 is 0 Å². The van der Waals surface area contributed by atoms with Gasteiger partial charge in [-0.2, -0.15) is 0 Å². The predicted molar refractivity (Wildman–Crippen MR) is 105 cm³/mol. The van der Waals surface area contributed by atoms with E-state index in [9.17, 15) is 8.42 Å². The number of sulfone groups is 1. The minimum absolute atomic E-state index is 0.250. The van der Waals surface area contributed by atoms with Crippen molar-refractivity contribution in [3.05, 3.63) is 0 Å². The summed E-state index contributed by atoms with van der Waals surface area (Å²) in [5, 5.41) is 0. The van der Waals surface area contributed by atoms with Crippen molar-refractivity contribution in [3.63, 3.8) is 0 Å². The Morgan fingerprint density at radius 3 is 1.50 bits per heavy atom. The van der Waals surface area contributed by atoms with Gasteiger partial charge in [-0.15, -0.1) is 0 Å². The van der Waals surface area contributed by atoms with E-state index in [0.717, 1.165) is 6.54 Å². The predicted octanol–water partition coefficient (Wildman–Crippen LogP) is 5.19. The second kappa shape index (κ2) is 9.56. The SMILES string of the molecule is CCCCCCCCCCCCN1C(C)(C)CS(=O)(=O)CC1(C)C. The van der Waals surface area contributed by atoms with Crippen molar-refractivity contribution in [2.45, 2.75) is 110 Å². The van der Waals surface area contributed by atoms with Gasteiger partial charge in [0.2, 0.25) is 0 Å². The van der Waals surface area contributed by atoms with Gasteiger partial charge in [-0.1, -0.05) is 64.7 Å². The van der Waals surface area contributed by atoms with Crippen LogP contribution in [0, 0.1) is 0 Å². The first-order valence-corrected chi connectivity index (χ1v) is 11.9. The molecule has 24 heavy (non-hydrogen) atoms. The molecule has 0 N–H and O–H groups in total. The summed E-state index contributed by atoms with van der Waals surface area (Å²) in [6.45, 7) is 11.6. The molecule has 1 aliphatic heterocycles. The number of hydrogen-bond donors (Lipinski definition) is 0. The van der Waals surface area contributed by atoms with Crippen LogP contribution in [0.4, 0.5) is 0 Å². The zero-order valence-corrected chi connectivity index (χ0v) is 17.7. The molecule has 0 aromatic rings. The van der Waals surface area contributed by atoms with E-state index in [1.807, 2.05) is 0 Å².